The summed E-state index contributed by atoms with van der Waals surface area (Å²) in [7, 11) is 0. The van der Waals surface area contributed by atoms with E-state index in [1.54, 1.807) is 48.5 Å². The van der Waals surface area contributed by atoms with Crippen LogP contribution in [-0.2, 0) is 0 Å². The maximum absolute atomic E-state index is 11.2. The molecule has 4 aromatic rings. The molecule has 0 atom stereocenters. The molecule has 0 unspecified atom stereocenters. The van der Waals surface area contributed by atoms with Crippen LogP contribution in [0.4, 0.5) is 11.4 Å². The number of aromatic nitrogens is 1. The van der Waals surface area contributed by atoms with Crippen LogP contribution in [0.2, 0.25) is 0 Å². The van der Waals surface area contributed by atoms with Crippen LogP contribution in [0.1, 0.15) is 11.5 Å². The molecule has 10 nitrogen and oxygen atoms in total. The molecule has 0 spiro atoms. The van der Waals surface area contributed by atoms with Crippen LogP contribution in [0, 0.1) is 31.6 Å². The zero-order valence-corrected chi connectivity index (χ0v) is 16.2. The van der Waals surface area contributed by atoms with E-state index in [1.807, 2.05) is 6.07 Å². The third kappa shape index (κ3) is 4.12. The molecule has 0 aliphatic rings. The van der Waals surface area contributed by atoms with Crippen LogP contribution < -0.4 is 4.74 Å². The van der Waals surface area contributed by atoms with Gasteiger partial charge in [-0.2, -0.15) is 5.26 Å². The molecule has 32 heavy (non-hydrogen) atoms. The molecular weight excluding hydrogens is 416 g/mol. The normalized spacial score (nSPS) is 11.2. The number of benzene rings is 3. The molecule has 0 bridgehead atoms. The average Bonchev–Trinajstić information content (AvgIpc) is 3.22. The number of nitrogens with zero attached hydrogens (tertiary/aromatic N) is 4. The number of ether oxygens (including phenoxy) is 1. The van der Waals surface area contributed by atoms with Gasteiger partial charge in [0.1, 0.15) is 22.9 Å². The Labute approximate surface area is 179 Å². The van der Waals surface area contributed by atoms with Gasteiger partial charge in [-0.05, 0) is 42.0 Å². The number of hydrogen-bond acceptors (Lipinski definition) is 8. The third-order valence-corrected chi connectivity index (χ3v) is 4.41. The number of rotatable bonds is 6. The second-order valence-corrected chi connectivity index (χ2v) is 6.49. The lowest BCUT2D eigenvalue weighted by molar-refractivity contribution is -0.394. The van der Waals surface area contributed by atoms with E-state index in [2.05, 4.69) is 11.1 Å². The smallest absolute Gasteiger partial charge is 0.318 e. The van der Waals surface area contributed by atoms with E-state index in [-0.39, 0.29) is 23.0 Å². The van der Waals surface area contributed by atoms with Gasteiger partial charge in [0.05, 0.1) is 15.9 Å². The molecular formula is C22H12N4O6. The summed E-state index contributed by atoms with van der Waals surface area (Å²) in [5, 5.41) is 31.6. The third-order valence-electron chi connectivity index (χ3n) is 4.41. The average molecular weight is 428 g/mol. The van der Waals surface area contributed by atoms with Crippen molar-refractivity contribution in [3.63, 3.8) is 0 Å². The predicted molar refractivity (Wildman–Crippen MR) is 114 cm³/mol. The lowest BCUT2D eigenvalue weighted by atomic mass is 10.1. The summed E-state index contributed by atoms with van der Waals surface area (Å²) in [4.78, 5) is 24.9. The van der Waals surface area contributed by atoms with Crippen molar-refractivity contribution in [1.82, 2.24) is 4.98 Å². The van der Waals surface area contributed by atoms with Crippen molar-refractivity contribution in [2.75, 3.05) is 0 Å². The lowest BCUT2D eigenvalue weighted by Crippen LogP contribution is -1.96. The van der Waals surface area contributed by atoms with Gasteiger partial charge in [-0.1, -0.05) is 24.3 Å². The number of oxazole rings is 1. The van der Waals surface area contributed by atoms with Gasteiger partial charge in [-0.3, -0.25) is 20.2 Å². The fourth-order valence-electron chi connectivity index (χ4n) is 2.90. The van der Waals surface area contributed by atoms with E-state index in [4.69, 9.17) is 9.15 Å². The minimum absolute atomic E-state index is 0.131. The highest BCUT2D eigenvalue weighted by atomic mass is 16.6. The van der Waals surface area contributed by atoms with Gasteiger partial charge in [-0.25, -0.2) is 4.98 Å². The van der Waals surface area contributed by atoms with Gasteiger partial charge >= 0.3 is 5.69 Å². The molecule has 4 rings (SSSR count). The number of non-ortho nitro benzene ring substituents is 1. The number of nitro groups is 2. The fraction of sp³-hybridized carbons (Fsp3) is 0. The van der Waals surface area contributed by atoms with Crippen LogP contribution in [0.5, 0.6) is 11.5 Å². The summed E-state index contributed by atoms with van der Waals surface area (Å²) < 4.78 is 11.2. The SMILES string of the molecule is N#C/C(=C\c1ccc(Oc2ccc([N+](=O)[O-])cc2[N+](=O)[O-])cc1)c1nc2ccccc2o1. The largest absolute Gasteiger partial charge is 0.450 e. The molecule has 0 aliphatic carbocycles. The fourth-order valence-corrected chi connectivity index (χ4v) is 2.90. The van der Waals surface area contributed by atoms with Gasteiger partial charge in [-0.15, -0.1) is 0 Å². The van der Waals surface area contributed by atoms with Crippen LogP contribution in [0.3, 0.4) is 0 Å². The molecule has 0 fully saturated rings. The van der Waals surface area contributed by atoms with E-state index in [0.717, 1.165) is 12.1 Å². The highest BCUT2D eigenvalue weighted by Crippen LogP contribution is 2.34. The molecule has 3 aromatic carbocycles. The Hall–Kier alpha value is -5.04. The first-order chi connectivity index (χ1) is 15.4. The molecule has 0 radical (unpaired) electrons. The Balaban J connectivity index is 1.58. The van der Waals surface area contributed by atoms with Crippen molar-refractivity contribution in [2.24, 2.45) is 0 Å². The number of allylic oxidation sites excluding steroid dienone is 1. The summed E-state index contributed by atoms with van der Waals surface area (Å²) in [6.07, 6.45) is 1.59. The highest BCUT2D eigenvalue weighted by molar-refractivity contribution is 5.88. The minimum Gasteiger partial charge on any atom is -0.450 e. The summed E-state index contributed by atoms with van der Waals surface area (Å²) in [5.41, 5.74) is 1.14. The number of nitriles is 1. The van der Waals surface area contributed by atoms with Crippen LogP contribution in [0.25, 0.3) is 22.7 Å². The van der Waals surface area contributed by atoms with Crippen molar-refractivity contribution < 1.29 is 19.0 Å². The van der Waals surface area contributed by atoms with Crippen molar-refractivity contribution in [2.45, 2.75) is 0 Å². The van der Waals surface area contributed by atoms with E-state index in [9.17, 15) is 25.5 Å². The van der Waals surface area contributed by atoms with Gasteiger partial charge in [0, 0.05) is 6.07 Å². The minimum atomic E-state index is -0.751. The first kappa shape index (κ1) is 20.2. The summed E-state index contributed by atoms with van der Waals surface area (Å²) in [6, 6.07) is 18.8. The van der Waals surface area contributed by atoms with Crippen LogP contribution >= 0.6 is 0 Å². The Morgan fingerprint density at radius 1 is 1.03 bits per heavy atom. The Kier molecular flexibility index (Phi) is 5.29. The second-order valence-electron chi connectivity index (χ2n) is 6.49. The van der Waals surface area contributed by atoms with Gasteiger partial charge < -0.3 is 9.15 Å². The lowest BCUT2D eigenvalue weighted by Gasteiger charge is -2.06. The van der Waals surface area contributed by atoms with Crippen molar-refractivity contribution in [3.8, 4) is 17.6 Å². The molecule has 156 valence electrons. The van der Waals surface area contributed by atoms with Gasteiger partial charge in [0.25, 0.3) is 5.69 Å². The molecule has 0 aliphatic heterocycles. The predicted octanol–water partition coefficient (Wildman–Crippen LogP) is 5.50. The highest BCUT2D eigenvalue weighted by Gasteiger charge is 2.21. The van der Waals surface area contributed by atoms with Gasteiger partial charge in [0.2, 0.25) is 11.6 Å². The quantitative estimate of drug-likeness (QED) is 0.222. The van der Waals surface area contributed by atoms with E-state index < -0.39 is 21.2 Å². The maximum Gasteiger partial charge on any atom is 0.318 e. The Morgan fingerprint density at radius 2 is 1.78 bits per heavy atom. The van der Waals surface area contributed by atoms with Crippen molar-refractivity contribution in [3.05, 3.63) is 98.4 Å². The summed E-state index contributed by atoms with van der Waals surface area (Å²) >= 11 is 0. The van der Waals surface area contributed by atoms with Gasteiger partial charge in [0.15, 0.2) is 5.58 Å². The number of fused-ring (bicyclic) bond motifs is 1. The second kappa shape index (κ2) is 8.37. The van der Waals surface area contributed by atoms with Crippen LogP contribution in [-0.4, -0.2) is 14.8 Å². The summed E-state index contributed by atoms with van der Waals surface area (Å²) in [6.45, 7) is 0. The monoisotopic (exact) mass is 428 g/mol. The zero-order chi connectivity index (χ0) is 22.7. The first-order valence-corrected chi connectivity index (χ1v) is 9.13. The number of nitro benzene ring substituents is 2. The van der Waals surface area contributed by atoms with Crippen molar-refractivity contribution in [1.29, 1.82) is 5.26 Å². The topological polar surface area (TPSA) is 145 Å². The number of para-hydroxylation sites is 2. The molecule has 10 heteroatoms. The Morgan fingerprint density at radius 3 is 2.44 bits per heavy atom. The first-order valence-electron chi connectivity index (χ1n) is 9.13. The number of hydrogen-bond donors (Lipinski definition) is 0. The molecule has 1 aromatic heterocycles. The van der Waals surface area contributed by atoms with E-state index in [0.29, 0.717) is 16.7 Å². The Bertz CT molecular complexity index is 1380. The maximum atomic E-state index is 11.2. The zero-order valence-electron chi connectivity index (χ0n) is 16.2. The standard InChI is InChI=1S/C22H12N4O6/c23-13-15(22-24-18-3-1-2-4-20(18)32-22)11-14-5-8-17(9-6-14)31-21-10-7-16(25(27)28)12-19(21)26(29)30/h1-12H/b15-11+. The molecule has 0 saturated heterocycles. The molecule has 0 amide bonds. The van der Waals surface area contributed by atoms with Crippen LogP contribution in [0.15, 0.2) is 71.1 Å². The molecule has 0 N–H and O–H groups in total. The molecule has 1 heterocycles. The van der Waals surface area contributed by atoms with E-state index in [1.165, 1.54) is 6.07 Å². The summed E-state index contributed by atoms with van der Waals surface area (Å²) in [5.74, 6) is 0.336. The molecule has 0 saturated carbocycles. The van der Waals surface area contributed by atoms with E-state index >= 15 is 0 Å². The van der Waals surface area contributed by atoms with Crippen molar-refractivity contribution >= 4 is 34.1 Å².